The van der Waals surface area contributed by atoms with E-state index in [1.54, 1.807) is 53.3 Å². The summed E-state index contributed by atoms with van der Waals surface area (Å²) < 4.78 is 11.2. The van der Waals surface area contributed by atoms with Gasteiger partial charge in [-0.15, -0.1) is 0 Å². The molecule has 0 aliphatic carbocycles. The van der Waals surface area contributed by atoms with Crippen molar-refractivity contribution in [3.8, 4) is 0 Å². The summed E-state index contributed by atoms with van der Waals surface area (Å²) in [5.41, 5.74) is 1.75. The molecule has 0 aliphatic heterocycles. The SMILES string of the molecule is CSCCC(NC(=O)OC(C)(C)C)C(=O)N(C(C)C)C(C(=O)NC(Cc1ccccc1)C(=O)OC(C)(C)C)c1ccc(C)cc1C. The van der Waals surface area contributed by atoms with Crippen LogP contribution in [0.5, 0.6) is 0 Å². The molecule has 2 rings (SSSR count). The van der Waals surface area contributed by atoms with E-state index in [9.17, 15) is 19.2 Å². The smallest absolute Gasteiger partial charge is 0.408 e. The first-order chi connectivity index (χ1) is 21.3. The number of hydrogen-bond donors (Lipinski definition) is 2. The van der Waals surface area contributed by atoms with Crippen molar-refractivity contribution in [1.29, 1.82) is 0 Å². The fourth-order valence-corrected chi connectivity index (χ4v) is 5.49. The zero-order valence-electron chi connectivity index (χ0n) is 29.4. The van der Waals surface area contributed by atoms with Gasteiger partial charge in [0.15, 0.2) is 0 Å². The third kappa shape index (κ3) is 12.3. The number of ether oxygens (including phenoxy) is 2. The van der Waals surface area contributed by atoms with Gasteiger partial charge in [0, 0.05) is 12.5 Å². The molecule has 3 atom stereocenters. The number of hydrogen-bond acceptors (Lipinski definition) is 7. The number of aryl methyl sites for hydroxylation is 2. The van der Waals surface area contributed by atoms with Crippen LogP contribution in [0.2, 0.25) is 0 Å². The summed E-state index contributed by atoms with van der Waals surface area (Å²) in [7, 11) is 0. The number of rotatable bonds is 13. The summed E-state index contributed by atoms with van der Waals surface area (Å²) in [4.78, 5) is 56.8. The molecular weight excluding hydrogens is 602 g/mol. The fraction of sp³-hybridized carbons (Fsp3) is 0.556. The lowest BCUT2D eigenvalue weighted by atomic mass is 9.94. The predicted molar refractivity (Wildman–Crippen MR) is 185 cm³/mol. The Morgan fingerprint density at radius 1 is 0.848 bits per heavy atom. The van der Waals surface area contributed by atoms with Crippen molar-refractivity contribution in [3.63, 3.8) is 0 Å². The van der Waals surface area contributed by atoms with Crippen molar-refractivity contribution in [2.75, 3.05) is 12.0 Å². The predicted octanol–water partition coefficient (Wildman–Crippen LogP) is 6.30. The molecular formula is C36H53N3O6S. The minimum Gasteiger partial charge on any atom is -0.458 e. The zero-order chi connectivity index (χ0) is 34.8. The Labute approximate surface area is 279 Å². The lowest BCUT2D eigenvalue weighted by Crippen LogP contribution is -2.57. The molecule has 46 heavy (non-hydrogen) atoms. The second-order valence-corrected chi connectivity index (χ2v) is 14.9. The van der Waals surface area contributed by atoms with Crippen molar-refractivity contribution < 1.29 is 28.7 Å². The summed E-state index contributed by atoms with van der Waals surface area (Å²) in [5, 5.41) is 5.71. The van der Waals surface area contributed by atoms with Crippen LogP contribution < -0.4 is 10.6 Å². The van der Waals surface area contributed by atoms with E-state index in [1.165, 1.54) is 4.90 Å². The highest BCUT2D eigenvalue weighted by Crippen LogP contribution is 2.29. The van der Waals surface area contributed by atoms with E-state index < -0.39 is 59.2 Å². The highest BCUT2D eigenvalue weighted by atomic mass is 32.2. The van der Waals surface area contributed by atoms with Gasteiger partial charge in [0.1, 0.15) is 29.3 Å². The first kappa shape index (κ1) is 38.7. The van der Waals surface area contributed by atoms with Crippen LogP contribution >= 0.6 is 11.8 Å². The van der Waals surface area contributed by atoms with Crippen LogP contribution in [0.3, 0.4) is 0 Å². The molecule has 3 amide bonds. The normalized spacial score (nSPS) is 13.7. The van der Waals surface area contributed by atoms with E-state index >= 15 is 0 Å². The van der Waals surface area contributed by atoms with Gasteiger partial charge in [-0.2, -0.15) is 11.8 Å². The van der Waals surface area contributed by atoms with Crippen molar-refractivity contribution in [3.05, 3.63) is 70.8 Å². The second-order valence-electron chi connectivity index (χ2n) is 13.9. The summed E-state index contributed by atoms with van der Waals surface area (Å²) in [6.45, 7) is 18.1. The molecule has 0 aromatic heterocycles. The Morgan fingerprint density at radius 2 is 1.46 bits per heavy atom. The van der Waals surface area contributed by atoms with Crippen molar-refractivity contribution >= 4 is 35.6 Å². The Bertz CT molecular complexity index is 1330. The van der Waals surface area contributed by atoms with Gasteiger partial charge in [-0.05, 0) is 104 Å². The van der Waals surface area contributed by atoms with Gasteiger partial charge >= 0.3 is 12.1 Å². The number of thioether (sulfide) groups is 1. The quantitative estimate of drug-likeness (QED) is 0.244. The molecule has 0 heterocycles. The lowest BCUT2D eigenvalue weighted by molar-refractivity contribution is -0.159. The number of nitrogens with zero attached hydrogens (tertiary/aromatic N) is 1. The molecule has 0 saturated carbocycles. The van der Waals surface area contributed by atoms with Crippen LogP contribution in [0.15, 0.2) is 48.5 Å². The van der Waals surface area contributed by atoms with Crippen LogP contribution in [0.1, 0.15) is 90.1 Å². The Balaban J connectivity index is 2.63. The number of benzene rings is 2. The molecule has 0 aliphatic rings. The maximum absolute atomic E-state index is 14.5. The van der Waals surface area contributed by atoms with Gasteiger partial charge in [-0.1, -0.05) is 54.1 Å². The number of nitrogens with one attached hydrogen (secondary N) is 2. The van der Waals surface area contributed by atoms with Crippen LogP contribution in [0.4, 0.5) is 4.79 Å². The maximum Gasteiger partial charge on any atom is 0.408 e. The van der Waals surface area contributed by atoms with E-state index in [-0.39, 0.29) is 6.42 Å². The number of esters is 1. The molecule has 2 aromatic rings. The minimum atomic E-state index is -1.11. The van der Waals surface area contributed by atoms with Gasteiger partial charge in [-0.25, -0.2) is 9.59 Å². The standard InChI is InChI=1S/C36H53N3O6S/c1-23(2)39(32(41)28(19-20-46-11)38-34(43)45-36(8,9)10)30(27-18-17-24(3)21-25(27)4)31(40)37-29(33(42)44-35(5,6)7)22-26-15-13-12-14-16-26/h12-18,21,23,28-30H,19-20,22H2,1-11H3,(H,37,40)(H,38,43). The summed E-state index contributed by atoms with van der Waals surface area (Å²) in [6, 6.07) is 11.6. The zero-order valence-corrected chi connectivity index (χ0v) is 30.2. The van der Waals surface area contributed by atoms with Gasteiger partial charge in [0.2, 0.25) is 11.8 Å². The summed E-state index contributed by atoms with van der Waals surface area (Å²) in [6.07, 6.45) is 1.74. The van der Waals surface area contributed by atoms with E-state index in [0.29, 0.717) is 17.7 Å². The molecule has 2 N–H and O–H groups in total. The molecule has 2 aromatic carbocycles. The largest absolute Gasteiger partial charge is 0.458 e. The van der Waals surface area contributed by atoms with Crippen LogP contribution in [0.25, 0.3) is 0 Å². The molecule has 10 heteroatoms. The van der Waals surface area contributed by atoms with Crippen molar-refractivity contribution in [1.82, 2.24) is 15.5 Å². The Hall–Kier alpha value is -3.53. The number of carbonyl (C=O) groups excluding carboxylic acids is 4. The van der Waals surface area contributed by atoms with Crippen molar-refractivity contribution in [2.45, 2.75) is 117 Å². The first-order valence-electron chi connectivity index (χ1n) is 15.8. The average molecular weight is 656 g/mol. The fourth-order valence-electron chi connectivity index (χ4n) is 5.02. The molecule has 0 fully saturated rings. The van der Waals surface area contributed by atoms with E-state index in [4.69, 9.17) is 9.47 Å². The maximum atomic E-state index is 14.5. The topological polar surface area (TPSA) is 114 Å². The monoisotopic (exact) mass is 655 g/mol. The minimum absolute atomic E-state index is 0.202. The van der Waals surface area contributed by atoms with E-state index in [0.717, 1.165) is 16.7 Å². The van der Waals surface area contributed by atoms with Crippen molar-refractivity contribution in [2.24, 2.45) is 0 Å². The van der Waals surface area contributed by atoms with Crippen LogP contribution in [-0.2, 0) is 30.3 Å². The third-order valence-corrected chi connectivity index (χ3v) is 7.59. The number of alkyl carbamates (subject to hydrolysis) is 1. The number of amides is 3. The lowest BCUT2D eigenvalue weighted by Gasteiger charge is -2.38. The van der Waals surface area contributed by atoms with E-state index in [2.05, 4.69) is 10.6 Å². The Kier molecular flexibility index (Phi) is 14.2. The van der Waals surface area contributed by atoms with Gasteiger partial charge in [0.05, 0.1) is 0 Å². The highest BCUT2D eigenvalue weighted by Gasteiger charge is 2.40. The molecule has 0 radical (unpaired) electrons. The van der Waals surface area contributed by atoms with E-state index in [1.807, 2.05) is 82.5 Å². The van der Waals surface area contributed by atoms with Gasteiger partial charge in [0.25, 0.3) is 0 Å². The first-order valence-corrected chi connectivity index (χ1v) is 17.2. The summed E-state index contributed by atoms with van der Waals surface area (Å²) >= 11 is 1.55. The number of carbonyl (C=O) groups is 4. The van der Waals surface area contributed by atoms with Crippen LogP contribution in [-0.4, -0.2) is 70.1 Å². The molecule has 3 unspecified atom stereocenters. The third-order valence-electron chi connectivity index (χ3n) is 6.95. The van der Waals surface area contributed by atoms with Crippen LogP contribution in [0, 0.1) is 13.8 Å². The Morgan fingerprint density at radius 3 is 1.98 bits per heavy atom. The highest BCUT2D eigenvalue weighted by molar-refractivity contribution is 7.98. The van der Waals surface area contributed by atoms with Gasteiger partial charge in [-0.3, -0.25) is 9.59 Å². The molecule has 9 nitrogen and oxygen atoms in total. The molecule has 0 spiro atoms. The second kappa shape index (κ2) is 16.9. The molecule has 0 bridgehead atoms. The molecule has 0 saturated heterocycles. The average Bonchev–Trinajstić information content (AvgIpc) is 2.92. The molecule has 254 valence electrons. The van der Waals surface area contributed by atoms with Gasteiger partial charge < -0.3 is 25.0 Å². The summed E-state index contributed by atoms with van der Waals surface area (Å²) in [5.74, 6) is -0.930.